The van der Waals surface area contributed by atoms with E-state index in [1.165, 1.54) is 52.4 Å². The van der Waals surface area contributed by atoms with Gasteiger partial charge < -0.3 is 24.4 Å². The number of unbranched alkanes of at least 4 members (excludes halogenated alkanes) is 9. The predicted octanol–water partition coefficient (Wildman–Crippen LogP) is 4.64. The molecule has 194 valence electrons. The van der Waals surface area contributed by atoms with Crippen LogP contribution in [-0.2, 0) is 28.6 Å². The molecule has 8 heteroatoms. The molecule has 0 saturated heterocycles. The van der Waals surface area contributed by atoms with Crippen molar-refractivity contribution in [2.24, 2.45) is 0 Å². The number of carbonyl (C=O) groups excluding carboxylic acids is 3. The van der Waals surface area contributed by atoms with E-state index in [4.69, 9.17) is 14.2 Å². The van der Waals surface area contributed by atoms with Gasteiger partial charge in [0.05, 0.1) is 19.3 Å². The molecule has 0 aromatic rings. The molecule has 0 aromatic heterocycles. The normalized spacial score (nSPS) is 11.3. The Kier molecular flexibility index (Phi) is 17.6. The highest BCUT2D eigenvalue weighted by Gasteiger charge is 2.27. The highest BCUT2D eigenvalue weighted by Crippen LogP contribution is 2.20. The third-order valence-corrected chi connectivity index (χ3v) is 4.94. The van der Waals surface area contributed by atoms with Gasteiger partial charge in [-0.15, -0.1) is 0 Å². The van der Waals surface area contributed by atoms with Crippen LogP contribution in [0.2, 0.25) is 0 Å². The van der Waals surface area contributed by atoms with Crippen LogP contribution in [0.5, 0.6) is 0 Å². The van der Waals surface area contributed by atoms with E-state index in [-0.39, 0.29) is 23.3 Å². The highest BCUT2D eigenvalue weighted by molar-refractivity contribution is 5.93. The number of aliphatic hydroxyl groups is 2. The van der Waals surface area contributed by atoms with Gasteiger partial charge in [0.2, 0.25) is 0 Å². The van der Waals surface area contributed by atoms with Crippen molar-refractivity contribution in [3.8, 4) is 0 Å². The van der Waals surface area contributed by atoms with E-state index in [2.05, 4.69) is 20.1 Å². The van der Waals surface area contributed by atoms with E-state index < -0.39 is 43.0 Å². The zero-order valence-electron chi connectivity index (χ0n) is 21.0. The molecule has 0 aliphatic heterocycles. The summed E-state index contributed by atoms with van der Waals surface area (Å²) in [5.41, 5.74) is -0.368. The van der Waals surface area contributed by atoms with Gasteiger partial charge in [0, 0.05) is 17.6 Å². The predicted molar refractivity (Wildman–Crippen MR) is 129 cm³/mol. The topological polar surface area (TPSA) is 119 Å². The van der Waals surface area contributed by atoms with E-state index in [9.17, 15) is 24.6 Å². The second-order valence-corrected chi connectivity index (χ2v) is 8.46. The van der Waals surface area contributed by atoms with Crippen LogP contribution in [-0.4, -0.2) is 47.4 Å². The molecule has 0 radical (unpaired) electrons. The number of aliphatic hydroxyl groups excluding tert-OH is 2. The molecular weight excluding hydrogens is 440 g/mol. The maximum atomic E-state index is 12.7. The van der Waals surface area contributed by atoms with E-state index >= 15 is 0 Å². The van der Waals surface area contributed by atoms with Crippen molar-refractivity contribution in [1.29, 1.82) is 0 Å². The number of carbonyl (C=O) groups is 3. The first-order valence-electron chi connectivity index (χ1n) is 12.1. The molecule has 1 atom stereocenters. The first-order valence-corrected chi connectivity index (χ1v) is 12.1. The molecule has 0 amide bonds. The van der Waals surface area contributed by atoms with Crippen LogP contribution in [0.15, 0.2) is 35.8 Å². The van der Waals surface area contributed by atoms with Crippen molar-refractivity contribution < 1.29 is 38.8 Å². The fraction of sp³-hybridized carbons (Fsp3) is 0.654. The standard InChI is InChI=1S/C26H42O8/c1-6-7-8-9-10-11-12-13-14-15-16-32-25(31)22(17-21(28)18-27)26(33-23(29)19(2)3)34-24(30)20(4)5/h21,27-28H,2,4,6-18H2,1,3,5H3. The minimum atomic E-state index is -1.36. The number of rotatable bonds is 19. The molecule has 0 spiro atoms. The quantitative estimate of drug-likeness (QED) is 0.118. The Bertz CT molecular complexity index is 678. The lowest BCUT2D eigenvalue weighted by Gasteiger charge is -2.16. The van der Waals surface area contributed by atoms with Crippen LogP contribution < -0.4 is 0 Å². The fourth-order valence-corrected chi connectivity index (χ4v) is 2.88. The second kappa shape index (κ2) is 18.9. The Morgan fingerprint density at radius 2 is 1.21 bits per heavy atom. The molecule has 0 bridgehead atoms. The van der Waals surface area contributed by atoms with Crippen LogP contribution in [0.4, 0.5) is 0 Å². The van der Waals surface area contributed by atoms with Crippen LogP contribution in [0.1, 0.15) is 91.4 Å². The minimum Gasteiger partial charge on any atom is -0.462 e. The van der Waals surface area contributed by atoms with Crippen molar-refractivity contribution in [2.45, 2.75) is 97.5 Å². The molecule has 0 heterocycles. The summed E-state index contributed by atoms with van der Waals surface area (Å²) in [5.74, 6) is -3.49. The van der Waals surface area contributed by atoms with Gasteiger partial charge >= 0.3 is 23.9 Å². The maximum absolute atomic E-state index is 12.7. The smallest absolute Gasteiger partial charge is 0.341 e. The molecule has 2 N–H and O–H groups in total. The third kappa shape index (κ3) is 14.6. The monoisotopic (exact) mass is 482 g/mol. The Hall–Kier alpha value is -2.45. The second-order valence-electron chi connectivity index (χ2n) is 8.46. The molecular formula is C26H42O8. The summed E-state index contributed by atoms with van der Waals surface area (Å²) in [7, 11) is 0. The Labute approximate surface area is 203 Å². The van der Waals surface area contributed by atoms with Crippen molar-refractivity contribution in [3.63, 3.8) is 0 Å². The van der Waals surface area contributed by atoms with Gasteiger partial charge in [0.15, 0.2) is 0 Å². The summed E-state index contributed by atoms with van der Waals surface area (Å²) < 4.78 is 15.3. The molecule has 1 unspecified atom stereocenters. The first kappa shape index (κ1) is 31.6. The Morgan fingerprint density at radius 3 is 1.62 bits per heavy atom. The van der Waals surface area contributed by atoms with Crippen LogP contribution in [0.25, 0.3) is 0 Å². The van der Waals surface area contributed by atoms with Crippen LogP contribution in [0, 0.1) is 0 Å². The van der Waals surface area contributed by atoms with Gasteiger partial charge in [0.1, 0.15) is 5.57 Å². The largest absolute Gasteiger partial charge is 0.462 e. The van der Waals surface area contributed by atoms with Crippen molar-refractivity contribution in [3.05, 3.63) is 35.8 Å². The van der Waals surface area contributed by atoms with E-state index in [1.807, 2.05) is 0 Å². The molecule has 0 rings (SSSR count). The highest BCUT2D eigenvalue weighted by atomic mass is 16.7. The number of hydrogen-bond donors (Lipinski definition) is 2. The molecule has 8 nitrogen and oxygen atoms in total. The lowest BCUT2D eigenvalue weighted by Crippen LogP contribution is -2.23. The average Bonchev–Trinajstić information content (AvgIpc) is 2.79. The van der Waals surface area contributed by atoms with Gasteiger partial charge in [0.25, 0.3) is 0 Å². The van der Waals surface area contributed by atoms with E-state index in [0.717, 1.165) is 19.3 Å². The summed E-state index contributed by atoms with van der Waals surface area (Å²) in [6, 6.07) is 0. The van der Waals surface area contributed by atoms with Crippen LogP contribution in [0.3, 0.4) is 0 Å². The SMILES string of the molecule is C=C(C)C(=O)OC(OC(=O)C(=C)C)=C(CC(O)CO)C(=O)OCCCCCCCCCCCC. The van der Waals surface area contributed by atoms with Crippen molar-refractivity contribution in [2.75, 3.05) is 13.2 Å². The Balaban J connectivity index is 5.02. The lowest BCUT2D eigenvalue weighted by molar-refractivity contribution is -0.150. The van der Waals surface area contributed by atoms with Crippen LogP contribution >= 0.6 is 0 Å². The van der Waals surface area contributed by atoms with Gasteiger partial charge in [-0.1, -0.05) is 77.9 Å². The Morgan fingerprint density at radius 1 is 0.765 bits per heavy atom. The average molecular weight is 483 g/mol. The zero-order valence-corrected chi connectivity index (χ0v) is 21.0. The number of ether oxygens (including phenoxy) is 3. The summed E-state index contributed by atoms with van der Waals surface area (Å²) in [6.07, 6.45) is 9.42. The molecule has 0 aliphatic carbocycles. The number of hydrogen-bond acceptors (Lipinski definition) is 8. The summed E-state index contributed by atoms with van der Waals surface area (Å²) in [6.45, 7) is 11.3. The zero-order chi connectivity index (χ0) is 25.9. The van der Waals surface area contributed by atoms with Crippen molar-refractivity contribution in [1.82, 2.24) is 0 Å². The third-order valence-electron chi connectivity index (χ3n) is 4.94. The van der Waals surface area contributed by atoms with E-state index in [0.29, 0.717) is 6.42 Å². The van der Waals surface area contributed by atoms with Gasteiger partial charge in [-0.3, -0.25) is 0 Å². The molecule has 0 fully saturated rings. The molecule has 0 saturated carbocycles. The fourth-order valence-electron chi connectivity index (χ4n) is 2.88. The molecule has 0 aromatic carbocycles. The van der Waals surface area contributed by atoms with Gasteiger partial charge in [-0.25, -0.2) is 14.4 Å². The minimum absolute atomic E-state index is 0.00432. The molecule has 34 heavy (non-hydrogen) atoms. The summed E-state index contributed by atoms with van der Waals surface area (Å²) in [4.78, 5) is 36.7. The van der Waals surface area contributed by atoms with Gasteiger partial charge in [-0.05, 0) is 20.3 Å². The maximum Gasteiger partial charge on any atom is 0.341 e. The first-order chi connectivity index (χ1) is 16.1. The summed E-state index contributed by atoms with van der Waals surface area (Å²) >= 11 is 0. The molecule has 0 aliphatic rings. The van der Waals surface area contributed by atoms with Crippen molar-refractivity contribution >= 4 is 17.9 Å². The van der Waals surface area contributed by atoms with E-state index in [1.54, 1.807) is 0 Å². The summed E-state index contributed by atoms with van der Waals surface area (Å²) in [5, 5.41) is 19.1. The number of esters is 3. The van der Waals surface area contributed by atoms with Gasteiger partial charge in [-0.2, -0.15) is 0 Å². The lowest BCUT2D eigenvalue weighted by atomic mass is 10.1.